The van der Waals surface area contributed by atoms with Gasteiger partial charge in [0.15, 0.2) is 0 Å². The second-order valence-electron chi connectivity index (χ2n) is 6.76. The van der Waals surface area contributed by atoms with Gasteiger partial charge in [0.25, 0.3) is 0 Å². The molecule has 1 aliphatic heterocycles. The molecule has 7 nitrogen and oxygen atoms in total. The molecular weight excluding hydrogens is 320 g/mol. The summed E-state index contributed by atoms with van der Waals surface area (Å²) in [5.41, 5.74) is 4.06. The van der Waals surface area contributed by atoms with Crippen molar-refractivity contribution in [3.63, 3.8) is 0 Å². The van der Waals surface area contributed by atoms with E-state index in [1.807, 2.05) is 32.6 Å². The number of aromatic nitrogens is 2. The van der Waals surface area contributed by atoms with Gasteiger partial charge in [0.05, 0.1) is 11.4 Å². The van der Waals surface area contributed by atoms with Gasteiger partial charge in [-0.1, -0.05) is 10.3 Å². The maximum absolute atomic E-state index is 12.5. The maximum atomic E-state index is 12.5. The van der Waals surface area contributed by atoms with Crippen LogP contribution >= 0.6 is 0 Å². The normalized spacial score (nSPS) is 15.8. The first-order valence-corrected chi connectivity index (χ1v) is 8.79. The molecule has 136 valence electrons. The van der Waals surface area contributed by atoms with Crippen LogP contribution in [0.2, 0.25) is 0 Å². The van der Waals surface area contributed by atoms with Gasteiger partial charge in [0.1, 0.15) is 11.5 Å². The van der Waals surface area contributed by atoms with E-state index in [-0.39, 0.29) is 5.91 Å². The third-order valence-electron chi connectivity index (χ3n) is 5.06. The van der Waals surface area contributed by atoms with E-state index < -0.39 is 0 Å². The molecule has 25 heavy (non-hydrogen) atoms. The summed E-state index contributed by atoms with van der Waals surface area (Å²) in [6.07, 6.45) is 1.20. The zero-order chi connectivity index (χ0) is 18.0. The number of amides is 1. The van der Waals surface area contributed by atoms with Gasteiger partial charge >= 0.3 is 0 Å². The zero-order valence-corrected chi connectivity index (χ0v) is 15.5. The predicted octanol–water partition coefficient (Wildman–Crippen LogP) is 2.17. The lowest BCUT2D eigenvalue weighted by Gasteiger charge is -2.34. The Bertz CT molecular complexity index is 703. The highest BCUT2D eigenvalue weighted by Crippen LogP contribution is 2.18. The highest BCUT2D eigenvalue weighted by atomic mass is 16.5. The van der Waals surface area contributed by atoms with Crippen LogP contribution in [0.3, 0.4) is 0 Å². The van der Waals surface area contributed by atoms with Gasteiger partial charge in [-0.05, 0) is 34.1 Å². The molecule has 1 saturated heterocycles. The van der Waals surface area contributed by atoms with Gasteiger partial charge in [-0.2, -0.15) is 0 Å². The Morgan fingerprint density at radius 2 is 1.48 bits per heavy atom. The molecule has 2 aromatic heterocycles. The first-order chi connectivity index (χ1) is 12.0. The monoisotopic (exact) mass is 346 g/mol. The minimum atomic E-state index is 0.206. The SMILES string of the molecule is Cc1noc(C)c1CCC(=O)N1CCN(Cc2c(C)noc2C)CC1. The Morgan fingerprint density at radius 3 is 2.00 bits per heavy atom. The van der Waals surface area contributed by atoms with Crippen molar-refractivity contribution in [1.29, 1.82) is 0 Å². The molecule has 0 saturated carbocycles. The molecule has 2 aromatic rings. The third kappa shape index (κ3) is 3.92. The zero-order valence-electron chi connectivity index (χ0n) is 15.5. The van der Waals surface area contributed by atoms with Gasteiger partial charge in [-0.15, -0.1) is 0 Å². The van der Waals surface area contributed by atoms with Crippen molar-refractivity contribution in [2.24, 2.45) is 0 Å². The Kier molecular flexibility index (Phi) is 5.22. The fourth-order valence-corrected chi connectivity index (χ4v) is 3.36. The summed E-state index contributed by atoms with van der Waals surface area (Å²) in [5.74, 6) is 1.90. The number of hydrogen-bond acceptors (Lipinski definition) is 6. The second-order valence-corrected chi connectivity index (χ2v) is 6.76. The highest BCUT2D eigenvalue weighted by Gasteiger charge is 2.23. The molecule has 0 radical (unpaired) electrons. The Balaban J connectivity index is 1.48. The highest BCUT2D eigenvalue weighted by molar-refractivity contribution is 5.76. The average Bonchev–Trinajstić information content (AvgIpc) is 3.09. The van der Waals surface area contributed by atoms with E-state index >= 15 is 0 Å². The van der Waals surface area contributed by atoms with Crippen LogP contribution in [0.15, 0.2) is 9.05 Å². The molecule has 0 aliphatic carbocycles. The van der Waals surface area contributed by atoms with Gasteiger partial charge in [0, 0.05) is 50.3 Å². The number of piperazine rings is 1. The van der Waals surface area contributed by atoms with Gasteiger partial charge in [0.2, 0.25) is 5.91 Å². The smallest absolute Gasteiger partial charge is 0.222 e. The van der Waals surface area contributed by atoms with Crippen LogP contribution in [0.5, 0.6) is 0 Å². The van der Waals surface area contributed by atoms with Crippen LogP contribution < -0.4 is 0 Å². The molecule has 1 fully saturated rings. The average molecular weight is 346 g/mol. The number of carbonyl (C=O) groups excluding carboxylic acids is 1. The molecule has 0 aromatic carbocycles. The van der Waals surface area contributed by atoms with Crippen molar-refractivity contribution in [1.82, 2.24) is 20.1 Å². The van der Waals surface area contributed by atoms with Gasteiger partial charge < -0.3 is 13.9 Å². The summed E-state index contributed by atoms with van der Waals surface area (Å²) in [5, 5.41) is 7.96. The summed E-state index contributed by atoms with van der Waals surface area (Å²) in [7, 11) is 0. The first kappa shape index (κ1) is 17.7. The first-order valence-electron chi connectivity index (χ1n) is 8.79. The Hall–Kier alpha value is -2.15. The quantitative estimate of drug-likeness (QED) is 0.826. The lowest BCUT2D eigenvalue weighted by atomic mass is 10.1. The van der Waals surface area contributed by atoms with Crippen LogP contribution in [-0.2, 0) is 17.8 Å². The summed E-state index contributed by atoms with van der Waals surface area (Å²) in [4.78, 5) is 16.8. The van der Waals surface area contributed by atoms with E-state index in [2.05, 4.69) is 15.2 Å². The van der Waals surface area contributed by atoms with Gasteiger partial charge in [-0.3, -0.25) is 9.69 Å². The predicted molar refractivity (Wildman–Crippen MR) is 92.1 cm³/mol. The third-order valence-corrected chi connectivity index (χ3v) is 5.06. The maximum Gasteiger partial charge on any atom is 0.222 e. The number of nitrogens with zero attached hydrogens (tertiary/aromatic N) is 4. The molecule has 0 atom stereocenters. The second kappa shape index (κ2) is 7.39. The van der Waals surface area contributed by atoms with Crippen LogP contribution in [0, 0.1) is 27.7 Å². The molecule has 1 amide bonds. The van der Waals surface area contributed by atoms with Gasteiger partial charge in [-0.25, -0.2) is 0 Å². The molecule has 3 heterocycles. The van der Waals surface area contributed by atoms with Crippen molar-refractivity contribution < 1.29 is 13.8 Å². The molecule has 0 spiro atoms. The molecule has 3 rings (SSSR count). The van der Waals surface area contributed by atoms with Crippen LogP contribution in [0.4, 0.5) is 0 Å². The summed E-state index contributed by atoms with van der Waals surface area (Å²) >= 11 is 0. The molecule has 1 aliphatic rings. The van der Waals surface area contributed by atoms with Crippen molar-refractivity contribution in [3.05, 3.63) is 34.0 Å². The Morgan fingerprint density at radius 1 is 0.920 bits per heavy atom. The van der Waals surface area contributed by atoms with E-state index in [0.29, 0.717) is 12.8 Å². The molecule has 0 N–H and O–H groups in total. The Labute approximate surface area is 147 Å². The molecular formula is C18H26N4O3. The van der Waals surface area contributed by atoms with Crippen molar-refractivity contribution in [3.8, 4) is 0 Å². The van der Waals surface area contributed by atoms with E-state index in [1.54, 1.807) is 0 Å². The standard InChI is InChI=1S/C18H26N4O3/c1-12-16(14(3)24-19-12)5-6-18(23)22-9-7-21(8-10-22)11-17-13(2)20-25-15(17)4/h5-11H2,1-4H3. The lowest BCUT2D eigenvalue weighted by Crippen LogP contribution is -2.48. The number of carbonyl (C=O) groups is 1. The minimum absolute atomic E-state index is 0.206. The fourth-order valence-electron chi connectivity index (χ4n) is 3.36. The summed E-state index contributed by atoms with van der Waals surface area (Å²) in [6.45, 7) is 11.9. The summed E-state index contributed by atoms with van der Waals surface area (Å²) in [6, 6.07) is 0. The van der Waals surface area contributed by atoms with E-state index in [4.69, 9.17) is 9.05 Å². The summed E-state index contributed by atoms with van der Waals surface area (Å²) < 4.78 is 10.4. The van der Waals surface area contributed by atoms with Crippen molar-refractivity contribution in [2.75, 3.05) is 26.2 Å². The topological polar surface area (TPSA) is 75.6 Å². The number of rotatable bonds is 5. The van der Waals surface area contributed by atoms with Crippen LogP contribution in [0.1, 0.15) is 40.5 Å². The lowest BCUT2D eigenvalue weighted by molar-refractivity contribution is -0.133. The van der Waals surface area contributed by atoms with E-state index in [9.17, 15) is 4.79 Å². The van der Waals surface area contributed by atoms with E-state index in [0.717, 1.165) is 66.8 Å². The van der Waals surface area contributed by atoms with Crippen LogP contribution in [0.25, 0.3) is 0 Å². The minimum Gasteiger partial charge on any atom is -0.361 e. The van der Waals surface area contributed by atoms with E-state index in [1.165, 1.54) is 0 Å². The van der Waals surface area contributed by atoms with Crippen LogP contribution in [-0.4, -0.2) is 52.2 Å². The molecule has 0 bridgehead atoms. The largest absolute Gasteiger partial charge is 0.361 e. The fraction of sp³-hybridized carbons (Fsp3) is 0.611. The number of aryl methyl sites for hydroxylation is 4. The number of hydrogen-bond donors (Lipinski definition) is 0. The molecule has 7 heteroatoms. The van der Waals surface area contributed by atoms with Crippen molar-refractivity contribution >= 4 is 5.91 Å². The van der Waals surface area contributed by atoms with Crippen molar-refractivity contribution in [2.45, 2.75) is 47.1 Å². The molecule has 0 unspecified atom stereocenters.